The summed E-state index contributed by atoms with van der Waals surface area (Å²) in [6.45, 7) is 2.93. The van der Waals surface area contributed by atoms with E-state index in [9.17, 15) is 17.6 Å². The van der Waals surface area contributed by atoms with E-state index in [0.29, 0.717) is 13.1 Å². The highest BCUT2D eigenvalue weighted by atomic mass is 35.5. The van der Waals surface area contributed by atoms with Gasteiger partial charge in [-0.3, -0.25) is 4.90 Å². The number of benzene rings is 1. The average Bonchev–Trinajstić information content (AvgIpc) is 3.01. The highest BCUT2D eigenvalue weighted by Gasteiger charge is 2.40. The van der Waals surface area contributed by atoms with E-state index >= 15 is 0 Å². The van der Waals surface area contributed by atoms with Crippen LogP contribution in [0.2, 0.25) is 0 Å². The van der Waals surface area contributed by atoms with Crippen molar-refractivity contribution in [2.24, 2.45) is 5.92 Å². The summed E-state index contributed by atoms with van der Waals surface area (Å²) in [6.07, 6.45) is -0.521. The number of alkyl halides is 3. The predicted octanol–water partition coefficient (Wildman–Crippen LogP) is 4.40. The van der Waals surface area contributed by atoms with E-state index in [1.54, 1.807) is 0 Å². The number of halogens is 5. The first kappa shape index (κ1) is 19.5. The van der Waals surface area contributed by atoms with E-state index in [-0.39, 0.29) is 29.9 Å². The van der Waals surface area contributed by atoms with Crippen LogP contribution in [0.5, 0.6) is 0 Å². The number of rotatable bonds is 3. The van der Waals surface area contributed by atoms with Gasteiger partial charge in [0.2, 0.25) is 0 Å². The Kier molecular flexibility index (Phi) is 6.51. The Hall–Kier alpha value is -0.850. The molecule has 136 valence electrons. The van der Waals surface area contributed by atoms with Crippen LogP contribution in [0, 0.1) is 11.7 Å². The standard InChI is InChI=1S/C17H22F4N2.ClH/c18-13-5-6-15(17(19,20)21)14(11-13)16(12-3-1-2-4-12)23-9-7-22-8-10-23;/h5-6,11-12,16,22H,1-4,7-10H2;1H/t16-;/m1./s1. The lowest BCUT2D eigenvalue weighted by Gasteiger charge is -2.39. The number of hydrogen-bond donors (Lipinski definition) is 1. The molecule has 1 heterocycles. The summed E-state index contributed by atoms with van der Waals surface area (Å²) >= 11 is 0. The van der Waals surface area contributed by atoms with E-state index in [2.05, 4.69) is 10.2 Å². The van der Waals surface area contributed by atoms with Crippen LogP contribution in [0.1, 0.15) is 42.9 Å². The third kappa shape index (κ3) is 4.21. The molecule has 0 bridgehead atoms. The van der Waals surface area contributed by atoms with Crippen molar-refractivity contribution in [3.05, 3.63) is 35.1 Å². The quantitative estimate of drug-likeness (QED) is 0.797. The monoisotopic (exact) mass is 366 g/mol. The fourth-order valence-corrected chi connectivity index (χ4v) is 4.02. The number of hydrogen-bond acceptors (Lipinski definition) is 2. The molecule has 2 aliphatic rings. The molecule has 0 unspecified atom stereocenters. The summed E-state index contributed by atoms with van der Waals surface area (Å²) in [5, 5.41) is 3.23. The topological polar surface area (TPSA) is 15.3 Å². The molecule has 1 atom stereocenters. The lowest BCUT2D eigenvalue weighted by molar-refractivity contribution is -0.139. The second-order valence-corrected chi connectivity index (χ2v) is 6.50. The lowest BCUT2D eigenvalue weighted by atomic mass is 9.86. The van der Waals surface area contributed by atoms with Gasteiger partial charge in [-0.15, -0.1) is 12.4 Å². The van der Waals surface area contributed by atoms with E-state index < -0.39 is 17.6 Å². The van der Waals surface area contributed by atoms with Crippen LogP contribution >= 0.6 is 12.4 Å². The Morgan fingerprint density at radius 3 is 2.29 bits per heavy atom. The van der Waals surface area contributed by atoms with Crippen LogP contribution in [0.25, 0.3) is 0 Å². The second-order valence-electron chi connectivity index (χ2n) is 6.50. The third-order valence-corrected chi connectivity index (χ3v) is 5.03. The summed E-state index contributed by atoms with van der Waals surface area (Å²) < 4.78 is 54.1. The summed E-state index contributed by atoms with van der Waals surface area (Å²) in [5.74, 6) is -0.415. The van der Waals surface area contributed by atoms with Gasteiger partial charge >= 0.3 is 6.18 Å². The highest BCUT2D eigenvalue weighted by Crippen LogP contribution is 2.44. The second kappa shape index (κ2) is 8.02. The first-order valence-corrected chi connectivity index (χ1v) is 8.28. The minimum absolute atomic E-state index is 0. The summed E-state index contributed by atoms with van der Waals surface area (Å²) in [7, 11) is 0. The van der Waals surface area contributed by atoms with Crippen LogP contribution in [0.3, 0.4) is 0 Å². The summed E-state index contributed by atoms with van der Waals surface area (Å²) in [6, 6.07) is 2.57. The number of piperazine rings is 1. The first-order chi connectivity index (χ1) is 11.0. The van der Waals surface area contributed by atoms with Gasteiger partial charge in [0, 0.05) is 32.2 Å². The first-order valence-electron chi connectivity index (χ1n) is 8.28. The van der Waals surface area contributed by atoms with E-state index in [4.69, 9.17) is 0 Å². The molecule has 1 aromatic rings. The molecule has 0 spiro atoms. The molecule has 0 amide bonds. The highest BCUT2D eigenvalue weighted by molar-refractivity contribution is 5.85. The van der Waals surface area contributed by atoms with Crippen molar-refractivity contribution in [2.45, 2.75) is 37.9 Å². The van der Waals surface area contributed by atoms with Crippen molar-refractivity contribution in [1.29, 1.82) is 0 Å². The molecule has 2 fully saturated rings. The molecule has 0 aromatic heterocycles. The van der Waals surface area contributed by atoms with Crippen LogP contribution in [0.4, 0.5) is 17.6 Å². The van der Waals surface area contributed by atoms with E-state index in [1.807, 2.05) is 0 Å². The number of nitrogens with zero attached hydrogens (tertiary/aromatic N) is 1. The molecular formula is C17H23ClF4N2. The van der Waals surface area contributed by atoms with Gasteiger partial charge in [-0.1, -0.05) is 12.8 Å². The van der Waals surface area contributed by atoms with E-state index in [0.717, 1.165) is 57.0 Å². The molecule has 2 nitrogen and oxygen atoms in total. The van der Waals surface area contributed by atoms with Crippen LogP contribution < -0.4 is 5.32 Å². The van der Waals surface area contributed by atoms with Gasteiger partial charge in [-0.05, 0) is 42.5 Å². The minimum atomic E-state index is -4.45. The predicted molar refractivity (Wildman–Crippen MR) is 87.8 cm³/mol. The molecule has 1 aliphatic heterocycles. The van der Waals surface area contributed by atoms with Crippen molar-refractivity contribution in [3.63, 3.8) is 0 Å². The van der Waals surface area contributed by atoms with Gasteiger partial charge in [0.15, 0.2) is 0 Å². The van der Waals surface area contributed by atoms with Gasteiger partial charge in [-0.2, -0.15) is 13.2 Å². The Balaban J connectivity index is 0.00000208. The van der Waals surface area contributed by atoms with Gasteiger partial charge in [0.25, 0.3) is 0 Å². The fraction of sp³-hybridized carbons (Fsp3) is 0.647. The molecule has 3 rings (SSSR count). The normalized spacial score (nSPS) is 21.5. The number of nitrogens with one attached hydrogen (secondary N) is 1. The Labute approximate surface area is 146 Å². The molecule has 1 aromatic carbocycles. The molecule has 1 aliphatic carbocycles. The van der Waals surface area contributed by atoms with Gasteiger partial charge < -0.3 is 5.32 Å². The molecule has 0 radical (unpaired) electrons. The lowest BCUT2D eigenvalue weighted by Crippen LogP contribution is -2.47. The molecular weight excluding hydrogens is 344 g/mol. The zero-order valence-electron chi connectivity index (χ0n) is 13.4. The van der Waals surface area contributed by atoms with Crippen molar-refractivity contribution in [1.82, 2.24) is 10.2 Å². The van der Waals surface area contributed by atoms with Gasteiger partial charge in [0.1, 0.15) is 5.82 Å². The zero-order valence-corrected chi connectivity index (χ0v) is 14.2. The summed E-state index contributed by atoms with van der Waals surface area (Å²) in [5.41, 5.74) is -0.569. The largest absolute Gasteiger partial charge is 0.416 e. The maximum absolute atomic E-state index is 13.8. The van der Waals surface area contributed by atoms with E-state index in [1.165, 1.54) is 0 Å². The fourth-order valence-electron chi connectivity index (χ4n) is 4.02. The summed E-state index contributed by atoms with van der Waals surface area (Å²) in [4.78, 5) is 2.11. The van der Waals surface area contributed by atoms with Crippen molar-refractivity contribution < 1.29 is 17.6 Å². The van der Waals surface area contributed by atoms with Crippen LogP contribution in [0.15, 0.2) is 18.2 Å². The Bertz CT molecular complexity index is 538. The maximum atomic E-state index is 13.8. The maximum Gasteiger partial charge on any atom is 0.416 e. The molecule has 1 saturated heterocycles. The van der Waals surface area contributed by atoms with Crippen LogP contribution in [-0.4, -0.2) is 31.1 Å². The van der Waals surface area contributed by atoms with Crippen molar-refractivity contribution in [3.8, 4) is 0 Å². The molecule has 7 heteroatoms. The smallest absolute Gasteiger partial charge is 0.314 e. The SMILES string of the molecule is Cl.Fc1ccc(C(F)(F)F)c([C@@H](C2CCCC2)N2CCNCC2)c1. The average molecular weight is 367 g/mol. The zero-order chi connectivity index (χ0) is 16.4. The van der Waals surface area contributed by atoms with Crippen molar-refractivity contribution >= 4 is 12.4 Å². The minimum Gasteiger partial charge on any atom is -0.314 e. The van der Waals surface area contributed by atoms with Gasteiger partial charge in [-0.25, -0.2) is 4.39 Å². The Morgan fingerprint density at radius 1 is 1.08 bits per heavy atom. The van der Waals surface area contributed by atoms with Gasteiger partial charge in [0.05, 0.1) is 5.56 Å². The van der Waals surface area contributed by atoms with Crippen LogP contribution in [-0.2, 0) is 6.18 Å². The van der Waals surface area contributed by atoms with Crippen molar-refractivity contribution in [2.75, 3.05) is 26.2 Å². The Morgan fingerprint density at radius 2 is 1.71 bits per heavy atom. The molecule has 24 heavy (non-hydrogen) atoms. The third-order valence-electron chi connectivity index (χ3n) is 5.03. The molecule has 1 N–H and O–H groups in total. The molecule has 1 saturated carbocycles.